The molecule has 12 heteroatoms. The smallest absolute Gasteiger partial charge is 0.397 e. The molecule has 0 aliphatic rings. The summed E-state index contributed by atoms with van der Waals surface area (Å²) >= 11 is 1.89. The number of carbonyl (C=O) groups is 1. The summed E-state index contributed by atoms with van der Waals surface area (Å²) in [6.45, 7) is 0. The zero-order chi connectivity index (χ0) is 23.3. The highest BCUT2D eigenvalue weighted by molar-refractivity contribution is 7.21. The fraction of sp³-hybridized carbons (Fsp3) is 0.100. The first-order chi connectivity index (χ1) is 14.9. The molecule has 4 nitrogen and oxygen atoms in total. The Morgan fingerprint density at radius 1 is 1.00 bits per heavy atom. The Balaban J connectivity index is 1.75. The van der Waals surface area contributed by atoms with Crippen LogP contribution in [0.15, 0.2) is 47.8 Å². The molecule has 0 fully saturated rings. The van der Waals surface area contributed by atoms with E-state index in [9.17, 15) is 31.1 Å². The molecular weight excluding hydrogens is 476 g/mol. The van der Waals surface area contributed by atoms with Gasteiger partial charge in [0.1, 0.15) is 9.71 Å². The minimum atomic E-state index is -4.75. The number of hydrogen-bond donors (Lipinski definition) is 2. The second-order valence-electron chi connectivity index (χ2n) is 6.58. The Morgan fingerprint density at radius 3 is 2.25 bits per heavy atom. The highest BCUT2D eigenvalue weighted by atomic mass is 32.1. The summed E-state index contributed by atoms with van der Waals surface area (Å²) in [5, 5.41) is 3.66. The summed E-state index contributed by atoms with van der Waals surface area (Å²) in [4.78, 5) is 17.1. The number of pyridine rings is 1. The van der Waals surface area contributed by atoms with E-state index in [0.717, 1.165) is 30.3 Å². The molecule has 0 radical (unpaired) electrons. The van der Waals surface area contributed by atoms with E-state index in [1.807, 2.05) is 0 Å². The SMILES string of the molecule is Nc1c(C(=O)Nc2ccc(C(F)(F)F)cc2)sc2nc(-c3cccs3)cc(C(F)(F)F)c12. The Labute approximate surface area is 184 Å². The number of aromatic nitrogens is 1. The number of amides is 1. The lowest BCUT2D eigenvalue weighted by Crippen LogP contribution is -2.13. The van der Waals surface area contributed by atoms with Gasteiger partial charge >= 0.3 is 12.4 Å². The molecule has 32 heavy (non-hydrogen) atoms. The van der Waals surface area contributed by atoms with E-state index in [1.54, 1.807) is 17.5 Å². The number of rotatable bonds is 3. The van der Waals surface area contributed by atoms with Gasteiger partial charge in [0.25, 0.3) is 5.91 Å². The molecule has 0 saturated heterocycles. The van der Waals surface area contributed by atoms with Gasteiger partial charge in [-0.1, -0.05) is 6.07 Å². The highest BCUT2D eigenvalue weighted by Crippen LogP contribution is 2.44. The number of hydrogen-bond acceptors (Lipinski definition) is 5. The van der Waals surface area contributed by atoms with Gasteiger partial charge in [0, 0.05) is 11.1 Å². The topological polar surface area (TPSA) is 68.0 Å². The van der Waals surface area contributed by atoms with Gasteiger partial charge in [-0.2, -0.15) is 26.3 Å². The van der Waals surface area contributed by atoms with Crippen molar-refractivity contribution in [3.8, 4) is 10.6 Å². The van der Waals surface area contributed by atoms with Crippen molar-refractivity contribution >= 4 is 50.2 Å². The van der Waals surface area contributed by atoms with Gasteiger partial charge in [0.15, 0.2) is 0 Å². The molecule has 0 aliphatic carbocycles. The Bertz CT molecular complexity index is 1290. The van der Waals surface area contributed by atoms with Crippen molar-refractivity contribution in [2.24, 2.45) is 0 Å². The van der Waals surface area contributed by atoms with E-state index in [-0.39, 0.29) is 26.5 Å². The van der Waals surface area contributed by atoms with Gasteiger partial charge in [-0.05, 0) is 41.8 Å². The maximum atomic E-state index is 13.7. The monoisotopic (exact) mass is 487 g/mol. The first-order valence-corrected chi connectivity index (χ1v) is 10.5. The number of nitrogens with zero attached hydrogens (tertiary/aromatic N) is 1. The van der Waals surface area contributed by atoms with Crippen LogP contribution in [0.5, 0.6) is 0 Å². The molecule has 3 aromatic heterocycles. The number of nitrogens with one attached hydrogen (secondary N) is 1. The van der Waals surface area contributed by atoms with Gasteiger partial charge in [0.05, 0.1) is 27.4 Å². The average molecular weight is 487 g/mol. The Morgan fingerprint density at radius 2 is 1.69 bits per heavy atom. The molecule has 0 spiro atoms. The largest absolute Gasteiger partial charge is 0.417 e. The van der Waals surface area contributed by atoms with E-state index in [0.29, 0.717) is 16.2 Å². The van der Waals surface area contributed by atoms with Crippen molar-refractivity contribution in [3.05, 3.63) is 63.8 Å². The molecule has 0 atom stereocenters. The third kappa shape index (κ3) is 4.15. The highest BCUT2D eigenvalue weighted by Gasteiger charge is 2.36. The number of fused-ring (bicyclic) bond motifs is 1. The molecule has 4 rings (SSSR count). The molecular formula is C20H11F6N3OS2. The Kier molecular flexibility index (Phi) is 5.37. The standard InChI is InChI=1S/C20H11F6N3OS2/c21-19(22,23)9-3-5-10(6-4-9)28-17(30)16-15(27)14-11(20(24,25)26)8-12(29-18(14)32-16)13-2-1-7-31-13/h1-8H,27H2,(H,28,30). The van der Waals surface area contributed by atoms with Crippen LogP contribution >= 0.6 is 22.7 Å². The Hall–Kier alpha value is -3.12. The molecule has 3 heterocycles. The van der Waals surface area contributed by atoms with Crippen molar-refractivity contribution in [2.75, 3.05) is 11.1 Å². The molecule has 1 amide bonds. The van der Waals surface area contributed by atoms with Crippen LogP contribution in [-0.4, -0.2) is 10.9 Å². The van der Waals surface area contributed by atoms with E-state index in [4.69, 9.17) is 5.73 Å². The van der Waals surface area contributed by atoms with E-state index in [2.05, 4.69) is 10.3 Å². The van der Waals surface area contributed by atoms with Crippen molar-refractivity contribution in [1.29, 1.82) is 0 Å². The fourth-order valence-corrected chi connectivity index (χ4v) is 4.70. The van der Waals surface area contributed by atoms with Crippen LogP contribution in [0.25, 0.3) is 20.8 Å². The third-order valence-electron chi connectivity index (χ3n) is 4.45. The molecule has 0 unspecified atom stereocenters. The molecule has 1 aromatic carbocycles. The number of thiophene rings is 2. The second-order valence-corrected chi connectivity index (χ2v) is 8.53. The zero-order valence-electron chi connectivity index (χ0n) is 15.6. The van der Waals surface area contributed by atoms with E-state index >= 15 is 0 Å². The predicted octanol–water partition coefficient (Wildman–Crippen LogP) is 6.90. The number of benzene rings is 1. The van der Waals surface area contributed by atoms with Crippen LogP contribution in [0.4, 0.5) is 37.7 Å². The fourth-order valence-electron chi connectivity index (χ4n) is 2.99. The quantitative estimate of drug-likeness (QED) is 0.309. The number of alkyl halides is 6. The first-order valence-electron chi connectivity index (χ1n) is 8.78. The van der Waals surface area contributed by atoms with Crippen LogP contribution in [0.2, 0.25) is 0 Å². The van der Waals surface area contributed by atoms with Crippen molar-refractivity contribution in [1.82, 2.24) is 4.98 Å². The zero-order valence-corrected chi connectivity index (χ0v) is 17.3. The normalized spacial score (nSPS) is 12.3. The van der Waals surface area contributed by atoms with Crippen LogP contribution in [0.1, 0.15) is 20.8 Å². The number of nitrogen functional groups attached to an aromatic ring is 1. The first kappa shape index (κ1) is 22.1. The number of nitrogens with two attached hydrogens (primary N) is 1. The molecule has 0 bridgehead atoms. The summed E-state index contributed by atoms with van der Waals surface area (Å²) in [5.74, 6) is -0.851. The van der Waals surface area contributed by atoms with E-state index < -0.39 is 35.1 Å². The summed E-state index contributed by atoms with van der Waals surface area (Å²) in [5.41, 5.74) is 3.71. The van der Waals surface area contributed by atoms with Gasteiger partial charge in [-0.25, -0.2) is 4.98 Å². The van der Waals surface area contributed by atoms with Gasteiger partial charge in [-0.15, -0.1) is 22.7 Å². The van der Waals surface area contributed by atoms with Crippen LogP contribution in [-0.2, 0) is 12.4 Å². The van der Waals surface area contributed by atoms with Crippen LogP contribution in [0.3, 0.4) is 0 Å². The van der Waals surface area contributed by atoms with Gasteiger partial charge in [-0.3, -0.25) is 4.79 Å². The molecule has 4 aromatic rings. The molecule has 0 aliphatic heterocycles. The molecule has 166 valence electrons. The number of anilines is 2. The molecule has 0 saturated carbocycles. The lowest BCUT2D eigenvalue weighted by Gasteiger charge is -2.11. The molecule has 3 N–H and O–H groups in total. The van der Waals surface area contributed by atoms with Crippen molar-refractivity contribution in [3.63, 3.8) is 0 Å². The summed E-state index contributed by atoms with van der Waals surface area (Å²) in [6, 6.07) is 7.81. The number of halogens is 6. The van der Waals surface area contributed by atoms with E-state index in [1.165, 1.54) is 11.3 Å². The van der Waals surface area contributed by atoms with Crippen molar-refractivity contribution in [2.45, 2.75) is 12.4 Å². The van der Waals surface area contributed by atoms with Crippen molar-refractivity contribution < 1.29 is 31.1 Å². The summed E-state index contributed by atoms with van der Waals surface area (Å²) in [7, 11) is 0. The minimum Gasteiger partial charge on any atom is -0.397 e. The maximum absolute atomic E-state index is 13.7. The minimum absolute atomic E-state index is 0.0307. The maximum Gasteiger partial charge on any atom is 0.417 e. The summed E-state index contributed by atoms with van der Waals surface area (Å²) < 4.78 is 79.3. The van der Waals surface area contributed by atoms with Gasteiger partial charge in [0.2, 0.25) is 0 Å². The lowest BCUT2D eigenvalue weighted by molar-refractivity contribution is -0.138. The summed E-state index contributed by atoms with van der Waals surface area (Å²) in [6.07, 6.45) is -9.29. The number of carbonyl (C=O) groups excluding carboxylic acids is 1. The third-order valence-corrected chi connectivity index (χ3v) is 6.44. The van der Waals surface area contributed by atoms with Gasteiger partial charge < -0.3 is 11.1 Å². The second kappa shape index (κ2) is 7.78. The predicted molar refractivity (Wildman–Crippen MR) is 112 cm³/mol. The van der Waals surface area contributed by atoms with Crippen LogP contribution in [0, 0.1) is 0 Å². The average Bonchev–Trinajstić information content (AvgIpc) is 3.35. The lowest BCUT2D eigenvalue weighted by atomic mass is 10.1. The van der Waals surface area contributed by atoms with Crippen LogP contribution < -0.4 is 11.1 Å².